The first kappa shape index (κ1) is 17.6. The standard InChI is InChI=1S/C20H12B4O4/c25-21-11-1-9-2-12(22-26)6-16-18-8-14(24-28)4-10-3-13(23-27)7-17(20(10)18)15(5-11)19(9)16/h1-8,25-28H. The van der Waals surface area contributed by atoms with Gasteiger partial charge in [0, 0.05) is 0 Å². The monoisotopic (exact) mass is 360 g/mol. The smallest absolute Gasteiger partial charge is 0.326 e. The molecule has 0 fully saturated rings. The van der Waals surface area contributed by atoms with E-state index in [0.29, 0.717) is 21.9 Å². The quantitative estimate of drug-likeness (QED) is 0.182. The summed E-state index contributed by atoms with van der Waals surface area (Å²) in [7, 11) is 4.24. The second kappa shape index (κ2) is 6.54. The Morgan fingerprint density at radius 3 is 0.857 bits per heavy atom. The van der Waals surface area contributed by atoms with Crippen LogP contribution in [0.15, 0.2) is 48.5 Å². The van der Waals surface area contributed by atoms with Gasteiger partial charge in [-0.15, -0.1) is 0 Å². The first-order valence-electron chi connectivity index (χ1n) is 8.81. The molecule has 5 aromatic rings. The second-order valence-electron chi connectivity index (χ2n) is 6.99. The molecule has 0 saturated carbocycles. The van der Waals surface area contributed by atoms with Crippen molar-refractivity contribution in [2.24, 2.45) is 0 Å². The summed E-state index contributed by atoms with van der Waals surface area (Å²) in [6.45, 7) is 0. The minimum atomic E-state index is 0.652. The van der Waals surface area contributed by atoms with Gasteiger partial charge in [-0.05, 0) is 43.1 Å². The molecule has 0 bridgehead atoms. The summed E-state index contributed by atoms with van der Waals surface area (Å²) in [5.74, 6) is 0. The SMILES string of the molecule is O[B]c1cc2cc([B]O)cc3c4cc([B]O)cc5cc([B]O)cc(c(c1)c23)c54. The summed E-state index contributed by atoms with van der Waals surface area (Å²) in [6.07, 6.45) is 0. The summed E-state index contributed by atoms with van der Waals surface area (Å²) in [5, 5.41) is 46.0. The Bertz CT molecular complexity index is 1170. The molecular weight excluding hydrogens is 347 g/mol. The topological polar surface area (TPSA) is 80.9 Å². The summed E-state index contributed by atoms with van der Waals surface area (Å²) < 4.78 is 0. The molecule has 128 valence electrons. The molecule has 5 rings (SSSR count). The minimum Gasteiger partial charge on any atom is -0.450 e. The van der Waals surface area contributed by atoms with Crippen LogP contribution >= 0.6 is 0 Å². The lowest BCUT2D eigenvalue weighted by Crippen LogP contribution is -2.18. The number of hydrogen-bond donors (Lipinski definition) is 4. The molecule has 0 amide bonds. The van der Waals surface area contributed by atoms with Gasteiger partial charge in [-0.3, -0.25) is 0 Å². The van der Waals surface area contributed by atoms with E-state index in [1.54, 1.807) is 0 Å². The van der Waals surface area contributed by atoms with Crippen molar-refractivity contribution in [3.8, 4) is 0 Å². The van der Waals surface area contributed by atoms with Gasteiger partial charge in [0.1, 0.15) is 0 Å². The lowest BCUT2D eigenvalue weighted by atomic mass is 9.76. The van der Waals surface area contributed by atoms with E-state index in [9.17, 15) is 20.1 Å². The van der Waals surface area contributed by atoms with Gasteiger partial charge < -0.3 is 20.1 Å². The van der Waals surface area contributed by atoms with Crippen LogP contribution in [0, 0.1) is 0 Å². The molecule has 8 heteroatoms. The van der Waals surface area contributed by atoms with E-state index >= 15 is 0 Å². The van der Waals surface area contributed by atoms with Crippen LogP contribution in [0.25, 0.3) is 43.1 Å². The molecule has 0 atom stereocenters. The highest BCUT2D eigenvalue weighted by atomic mass is 16.2. The van der Waals surface area contributed by atoms with E-state index in [1.165, 1.54) is 0 Å². The minimum absolute atomic E-state index is 0.652. The molecular formula is C20H12B4O4. The average Bonchev–Trinajstić information content (AvgIpc) is 2.75. The summed E-state index contributed by atoms with van der Waals surface area (Å²) in [6, 6.07) is 15.1. The van der Waals surface area contributed by atoms with Gasteiger partial charge >= 0.3 is 29.9 Å². The molecule has 0 aliphatic heterocycles. The van der Waals surface area contributed by atoms with Crippen molar-refractivity contribution in [1.82, 2.24) is 0 Å². The fourth-order valence-electron chi connectivity index (χ4n) is 4.27. The van der Waals surface area contributed by atoms with E-state index in [-0.39, 0.29) is 0 Å². The predicted molar refractivity (Wildman–Crippen MR) is 118 cm³/mol. The highest BCUT2D eigenvalue weighted by molar-refractivity contribution is 6.52. The normalized spacial score (nSPS) is 11.6. The van der Waals surface area contributed by atoms with Crippen LogP contribution in [0.3, 0.4) is 0 Å². The molecule has 0 heterocycles. The lowest BCUT2D eigenvalue weighted by molar-refractivity contribution is 0.614. The molecule has 0 saturated heterocycles. The fraction of sp³-hybridized carbons (Fsp3) is 0. The Hall–Kier alpha value is -2.50. The number of fused-ring (bicyclic) bond motifs is 2. The molecule has 0 unspecified atom stereocenters. The first-order valence-corrected chi connectivity index (χ1v) is 8.81. The van der Waals surface area contributed by atoms with Crippen LogP contribution in [-0.4, -0.2) is 50.0 Å². The van der Waals surface area contributed by atoms with E-state index in [4.69, 9.17) is 0 Å². The maximum atomic E-state index is 9.63. The van der Waals surface area contributed by atoms with Crippen molar-refractivity contribution in [1.29, 1.82) is 0 Å². The second-order valence-corrected chi connectivity index (χ2v) is 6.99. The van der Waals surface area contributed by atoms with Crippen molar-refractivity contribution < 1.29 is 20.1 Å². The Kier molecular flexibility index (Phi) is 4.11. The average molecular weight is 360 g/mol. The van der Waals surface area contributed by atoms with Crippen LogP contribution in [0.5, 0.6) is 0 Å². The van der Waals surface area contributed by atoms with Gasteiger partial charge in [-0.25, -0.2) is 0 Å². The molecule has 28 heavy (non-hydrogen) atoms. The zero-order valence-electron chi connectivity index (χ0n) is 14.7. The van der Waals surface area contributed by atoms with E-state index < -0.39 is 0 Å². The van der Waals surface area contributed by atoms with E-state index in [1.807, 2.05) is 48.5 Å². The number of benzene rings is 5. The Labute approximate surface area is 163 Å². The molecule has 0 aliphatic rings. The van der Waals surface area contributed by atoms with Gasteiger partial charge in [0.25, 0.3) is 0 Å². The van der Waals surface area contributed by atoms with Gasteiger partial charge in [0.05, 0.1) is 0 Å². The van der Waals surface area contributed by atoms with Crippen molar-refractivity contribution in [2.75, 3.05) is 0 Å². The first-order chi connectivity index (χ1) is 13.7. The van der Waals surface area contributed by atoms with E-state index in [2.05, 4.69) is 0 Å². The van der Waals surface area contributed by atoms with Crippen LogP contribution in [0.4, 0.5) is 0 Å². The molecule has 4 N–H and O–H groups in total. The molecule has 4 nitrogen and oxygen atoms in total. The predicted octanol–water partition coefficient (Wildman–Crippen LogP) is -1.32. The van der Waals surface area contributed by atoms with Crippen LogP contribution in [0.2, 0.25) is 0 Å². The van der Waals surface area contributed by atoms with Crippen molar-refractivity contribution >= 4 is 94.9 Å². The maximum Gasteiger partial charge on any atom is 0.326 e. The highest BCUT2D eigenvalue weighted by Crippen LogP contribution is 2.38. The van der Waals surface area contributed by atoms with Crippen LogP contribution < -0.4 is 21.9 Å². The molecule has 5 aromatic carbocycles. The third-order valence-electron chi connectivity index (χ3n) is 5.36. The summed E-state index contributed by atoms with van der Waals surface area (Å²) in [4.78, 5) is 0. The third-order valence-corrected chi connectivity index (χ3v) is 5.36. The third kappa shape index (κ3) is 2.46. The highest BCUT2D eigenvalue weighted by Gasteiger charge is 2.17. The Balaban J connectivity index is 2.14. The molecule has 0 spiro atoms. The van der Waals surface area contributed by atoms with Gasteiger partial charge in [-0.2, -0.15) is 0 Å². The van der Waals surface area contributed by atoms with Crippen LogP contribution in [-0.2, 0) is 0 Å². The van der Waals surface area contributed by atoms with Crippen molar-refractivity contribution in [2.45, 2.75) is 0 Å². The summed E-state index contributed by atoms with van der Waals surface area (Å²) in [5.41, 5.74) is 2.61. The largest absolute Gasteiger partial charge is 0.450 e. The van der Waals surface area contributed by atoms with Crippen LogP contribution in [0.1, 0.15) is 0 Å². The maximum absolute atomic E-state index is 9.63. The number of rotatable bonds is 4. The zero-order valence-corrected chi connectivity index (χ0v) is 14.7. The fourth-order valence-corrected chi connectivity index (χ4v) is 4.27. The van der Waals surface area contributed by atoms with Crippen molar-refractivity contribution in [3.63, 3.8) is 0 Å². The van der Waals surface area contributed by atoms with Gasteiger partial charge in [0.2, 0.25) is 0 Å². The molecule has 0 aromatic heterocycles. The zero-order chi connectivity index (χ0) is 19.4. The molecule has 0 aliphatic carbocycles. The Morgan fingerprint density at radius 1 is 0.393 bits per heavy atom. The van der Waals surface area contributed by atoms with Crippen molar-refractivity contribution in [3.05, 3.63) is 48.5 Å². The summed E-state index contributed by atoms with van der Waals surface area (Å²) >= 11 is 0. The Morgan fingerprint density at radius 2 is 0.643 bits per heavy atom. The van der Waals surface area contributed by atoms with Gasteiger partial charge in [-0.1, -0.05) is 70.4 Å². The van der Waals surface area contributed by atoms with Gasteiger partial charge in [0.15, 0.2) is 0 Å². The lowest BCUT2D eigenvalue weighted by Gasteiger charge is -2.18. The molecule has 4 radical (unpaired) electrons. The number of hydrogen-bond acceptors (Lipinski definition) is 4. The van der Waals surface area contributed by atoms with E-state index in [0.717, 1.165) is 73.0 Å².